The molecule has 0 spiro atoms. The lowest BCUT2D eigenvalue weighted by atomic mass is 9.93. The lowest BCUT2D eigenvalue weighted by Crippen LogP contribution is -2.36. The molecule has 1 aliphatic carbocycles. The Hall–Kier alpha value is -1.39. The van der Waals surface area contributed by atoms with E-state index in [2.05, 4.69) is 10.8 Å². The Morgan fingerprint density at radius 3 is 2.53 bits per heavy atom. The lowest BCUT2D eigenvalue weighted by Gasteiger charge is -2.27. The number of hydroxylamine groups is 1. The summed E-state index contributed by atoms with van der Waals surface area (Å²) in [7, 11) is 1.99. The van der Waals surface area contributed by atoms with E-state index in [1.165, 1.54) is 0 Å². The zero-order valence-electron chi connectivity index (χ0n) is 11.6. The molecule has 19 heavy (non-hydrogen) atoms. The largest absolute Gasteiger partial charge is 0.317 e. The first-order valence-electron chi connectivity index (χ1n) is 6.89. The van der Waals surface area contributed by atoms with Crippen molar-refractivity contribution in [2.24, 2.45) is 0 Å². The Morgan fingerprint density at radius 1 is 1.21 bits per heavy atom. The summed E-state index contributed by atoms with van der Waals surface area (Å²) in [5, 5.41) is 3.28. The molecule has 104 valence electrons. The fourth-order valence-corrected chi connectivity index (χ4v) is 2.49. The molecular formula is C15H22N2O2. The molecule has 1 aromatic carbocycles. The third kappa shape index (κ3) is 3.78. The van der Waals surface area contributed by atoms with Crippen molar-refractivity contribution in [3.05, 3.63) is 35.4 Å². The van der Waals surface area contributed by atoms with Crippen molar-refractivity contribution in [2.75, 3.05) is 7.05 Å². The molecule has 0 aliphatic heterocycles. The zero-order valence-corrected chi connectivity index (χ0v) is 11.6. The summed E-state index contributed by atoms with van der Waals surface area (Å²) in [6.45, 7) is 1.92. The minimum Gasteiger partial charge on any atom is -0.317 e. The SMILES string of the molecule is CNC1CCC(ONC(=O)c2ccccc2C)CC1. The number of carbonyl (C=O) groups is 1. The quantitative estimate of drug-likeness (QED) is 0.818. The van der Waals surface area contributed by atoms with Gasteiger partial charge in [-0.3, -0.25) is 9.63 Å². The molecule has 2 N–H and O–H groups in total. The maximum Gasteiger partial charge on any atom is 0.275 e. The van der Waals surface area contributed by atoms with Crippen LogP contribution in [-0.4, -0.2) is 25.1 Å². The van der Waals surface area contributed by atoms with Crippen LogP contribution in [0.1, 0.15) is 41.6 Å². The number of benzene rings is 1. The molecule has 0 saturated heterocycles. The molecule has 4 nitrogen and oxygen atoms in total. The molecule has 1 aliphatic rings. The molecule has 1 saturated carbocycles. The van der Waals surface area contributed by atoms with E-state index < -0.39 is 0 Å². The van der Waals surface area contributed by atoms with E-state index in [1.54, 1.807) is 0 Å². The summed E-state index contributed by atoms with van der Waals surface area (Å²) in [6.07, 6.45) is 4.31. The van der Waals surface area contributed by atoms with Gasteiger partial charge in [-0.2, -0.15) is 0 Å². The van der Waals surface area contributed by atoms with E-state index in [0.717, 1.165) is 31.2 Å². The van der Waals surface area contributed by atoms with Crippen LogP contribution in [-0.2, 0) is 4.84 Å². The van der Waals surface area contributed by atoms with E-state index in [-0.39, 0.29) is 12.0 Å². The van der Waals surface area contributed by atoms with Crippen molar-refractivity contribution >= 4 is 5.91 Å². The van der Waals surface area contributed by atoms with Crippen molar-refractivity contribution in [1.29, 1.82) is 0 Å². The van der Waals surface area contributed by atoms with Crippen molar-refractivity contribution in [2.45, 2.75) is 44.8 Å². The van der Waals surface area contributed by atoms with Gasteiger partial charge in [0, 0.05) is 11.6 Å². The molecule has 0 aromatic heterocycles. The van der Waals surface area contributed by atoms with Gasteiger partial charge in [0.05, 0.1) is 6.10 Å². The van der Waals surface area contributed by atoms with Crippen LogP contribution in [0.3, 0.4) is 0 Å². The Balaban J connectivity index is 1.80. The second-order valence-electron chi connectivity index (χ2n) is 5.13. The highest BCUT2D eigenvalue weighted by molar-refractivity contribution is 5.94. The third-order valence-electron chi connectivity index (χ3n) is 3.79. The molecule has 0 heterocycles. The minimum atomic E-state index is -0.158. The van der Waals surface area contributed by atoms with Gasteiger partial charge in [-0.25, -0.2) is 5.48 Å². The van der Waals surface area contributed by atoms with Crippen LogP contribution in [0.2, 0.25) is 0 Å². The van der Waals surface area contributed by atoms with Crippen molar-refractivity contribution in [3.8, 4) is 0 Å². The van der Waals surface area contributed by atoms with Gasteiger partial charge in [0.15, 0.2) is 0 Å². The Kier molecular flexibility index (Phi) is 4.93. The number of nitrogens with one attached hydrogen (secondary N) is 2. The minimum absolute atomic E-state index is 0.137. The predicted octanol–water partition coefficient (Wildman–Crippen LogP) is 2.19. The zero-order chi connectivity index (χ0) is 13.7. The van der Waals surface area contributed by atoms with Crippen LogP contribution in [0, 0.1) is 6.92 Å². The fraction of sp³-hybridized carbons (Fsp3) is 0.533. The number of hydrogen-bond acceptors (Lipinski definition) is 3. The molecule has 0 bridgehead atoms. The van der Waals surface area contributed by atoms with Gasteiger partial charge in [0.2, 0.25) is 0 Å². The maximum atomic E-state index is 12.0. The Morgan fingerprint density at radius 2 is 1.89 bits per heavy atom. The van der Waals surface area contributed by atoms with Crippen LogP contribution in [0.15, 0.2) is 24.3 Å². The van der Waals surface area contributed by atoms with Gasteiger partial charge in [-0.15, -0.1) is 0 Å². The van der Waals surface area contributed by atoms with Crippen LogP contribution >= 0.6 is 0 Å². The summed E-state index contributed by atoms with van der Waals surface area (Å²) in [6, 6.07) is 8.11. The van der Waals surface area contributed by atoms with Gasteiger partial charge < -0.3 is 5.32 Å². The molecule has 1 aromatic rings. The van der Waals surface area contributed by atoms with Crippen LogP contribution in [0.4, 0.5) is 0 Å². The van der Waals surface area contributed by atoms with E-state index >= 15 is 0 Å². The van der Waals surface area contributed by atoms with E-state index in [4.69, 9.17) is 4.84 Å². The number of rotatable bonds is 4. The first-order valence-corrected chi connectivity index (χ1v) is 6.89. The molecular weight excluding hydrogens is 240 g/mol. The average molecular weight is 262 g/mol. The number of carbonyl (C=O) groups excluding carboxylic acids is 1. The highest BCUT2D eigenvalue weighted by Crippen LogP contribution is 2.20. The van der Waals surface area contributed by atoms with Crippen molar-refractivity contribution < 1.29 is 9.63 Å². The van der Waals surface area contributed by atoms with Crippen LogP contribution < -0.4 is 10.8 Å². The molecule has 1 fully saturated rings. The topological polar surface area (TPSA) is 50.4 Å². The second kappa shape index (κ2) is 6.68. The lowest BCUT2D eigenvalue weighted by molar-refractivity contribution is -0.0343. The van der Waals surface area contributed by atoms with Gasteiger partial charge in [0.25, 0.3) is 5.91 Å². The van der Waals surface area contributed by atoms with Gasteiger partial charge >= 0.3 is 0 Å². The second-order valence-corrected chi connectivity index (χ2v) is 5.13. The monoisotopic (exact) mass is 262 g/mol. The summed E-state index contributed by atoms with van der Waals surface area (Å²) >= 11 is 0. The van der Waals surface area contributed by atoms with Gasteiger partial charge in [0.1, 0.15) is 0 Å². The molecule has 2 rings (SSSR count). The molecule has 0 unspecified atom stereocenters. The first-order chi connectivity index (χ1) is 9.20. The Bertz CT molecular complexity index is 426. The standard InChI is InChI=1S/C15H22N2O2/c1-11-5-3-4-6-14(11)15(18)17-19-13-9-7-12(16-2)8-10-13/h3-6,12-13,16H,7-10H2,1-2H3,(H,17,18). The number of aryl methyl sites for hydroxylation is 1. The molecule has 0 radical (unpaired) electrons. The number of amides is 1. The smallest absolute Gasteiger partial charge is 0.275 e. The summed E-state index contributed by atoms with van der Waals surface area (Å²) in [5.41, 5.74) is 4.22. The van der Waals surface area contributed by atoms with E-state index in [1.807, 2.05) is 38.2 Å². The normalized spacial score (nSPS) is 23.1. The molecule has 1 amide bonds. The van der Waals surface area contributed by atoms with Crippen molar-refractivity contribution in [1.82, 2.24) is 10.8 Å². The summed E-state index contributed by atoms with van der Waals surface area (Å²) in [4.78, 5) is 17.5. The summed E-state index contributed by atoms with van der Waals surface area (Å²) < 4.78 is 0. The van der Waals surface area contributed by atoms with Gasteiger partial charge in [-0.1, -0.05) is 18.2 Å². The Labute approximate surface area is 114 Å². The van der Waals surface area contributed by atoms with Crippen molar-refractivity contribution in [3.63, 3.8) is 0 Å². The number of hydrogen-bond donors (Lipinski definition) is 2. The van der Waals surface area contributed by atoms with Crippen LogP contribution in [0.25, 0.3) is 0 Å². The summed E-state index contributed by atoms with van der Waals surface area (Å²) in [5.74, 6) is -0.158. The predicted molar refractivity (Wildman–Crippen MR) is 74.8 cm³/mol. The highest BCUT2D eigenvalue weighted by Gasteiger charge is 2.21. The maximum absolute atomic E-state index is 12.0. The molecule has 4 heteroatoms. The van der Waals surface area contributed by atoms with E-state index in [0.29, 0.717) is 11.6 Å². The van der Waals surface area contributed by atoms with Gasteiger partial charge in [-0.05, 0) is 51.3 Å². The first kappa shape index (κ1) is 14.0. The van der Waals surface area contributed by atoms with E-state index in [9.17, 15) is 4.79 Å². The average Bonchev–Trinajstić information content (AvgIpc) is 2.46. The third-order valence-corrected chi connectivity index (χ3v) is 3.79. The fourth-order valence-electron chi connectivity index (χ4n) is 2.49. The molecule has 0 atom stereocenters. The highest BCUT2D eigenvalue weighted by atomic mass is 16.7. The van der Waals surface area contributed by atoms with Crippen LogP contribution in [0.5, 0.6) is 0 Å².